The third-order valence-corrected chi connectivity index (χ3v) is 4.91. The van der Waals surface area contributed by atoms with Gasteiger partial charge in [-0.25, -0.2) is 17.9 Å². The zero-order valence-corrected chi connectivity index (χ0v) is 13.6. The number of carbonyl (C=O) groups is 1. The Balaban J connectivity index is 2.38. The number of benzene rings is 1. The van der Waals surface area contributed by atoms with E-state index >= 15 is 0 Å². The molecule has 1 aromatic carbocycles. The van der Waals surface area contributed by atoms with Crippen molar-refractivity contribution in [3.63, 3.8) is 0 Å². The summed E-state index contributed by atoms with van der Waals surface area (Å²) in [7, 11) is -2.68. The summed E-state index contributed by atoms with van der Waals surface area (Å²) in [5.41, 5.74) is 0.0529. The fourth-order valence-electron chi connectivity index (χ4n) is 2.19. The highest BCUT2D eigenvalue weighted by Gasteiger charge is 2.29. The van der Waals surface area contributed by atoms with Crippen LogP contribution in [0.25, 0.3) is 0 Å². The third-order valence-electron chi connectivity index (χ3n) is 3.32. The molecular weight excluding hydrogens is 367 g/mol. The van der Waals surface area contributed by atoms with E-state index in [4.69, 9.17) is 9.88 Å². The van der Waals surface area contributed by atoms with Gasteiger partial charge in [0.25, 0.3) is 5.91 Å². The molecule has 1 fully saturated rings. The van der Waals surface area contributed by atoms with Crippen LogP contribution in [0.2, 0.25) is 0 Å². The Labute approximate surface area is 130 Å². The average molecular weight is 381 g/mol. The fraction of sp³-hybridized carbons (Fsp3) is 0.417. The van der Waals surface area contributed by atoms with Gasteiger partial charge in [-0.15, -0.1) is 0 Å². The lowest BCUT2D eigenvalue weighted by Gasteiger charge is -2.17. The molecule has 1 heterocycles. The topological polar surface area (TPSA) is 89.7 Å². The SMILES string of the molecule is COC1CCN(C(=O)c2cc(S(N)(=O)=O)c(F)cc2Br)C1. The van der Waals surface area contributed by atoms with Crippen LogP contribution in [0.3, 0.4) is 0 Å². The summed E-state index contributed by atoms with van der Waals surface area (Å²) < 4.78 is 41.7. The number of likely N-dealkylation sites (tertiary alicyclic amines) is 1. The van der Waals surface area contributed by atoms with E-state index in [9.17, 15) is 17.6 Å². The van der Waals surface area contributed by atoms with Gasteiger partial charge < -0.3 is 9.64 Å². The summed E-state index contributed by atoms with van der Waals surface area (Å²) in [6.45, 7) is 0.899. The van der Waals surface area contributed by atoms with Gasteiger partial charge in [0.1, 0.15) is 10.7 Å². The lowest BCUT2D eigenvalue weighted by atomic mass is 10.2. The van der Waals surface area contributed by atoms with Crippen molar-refractivity contribution in [2.45, 2.75) is 17.4 Å². The van der Waals surface area contributed by atoms with Crippen molar-refractivity contribution in [3.05, 3.63) is 28.0 Å². The molecule has 0 spiro atoms. The number of nitrogens with two attached hydrogens (primary N) is 1. The molecule has 9 heteroatoms. The number of hydrogen-bond acceptors (Lipinski definition) is 4. The van der Waals surface area contributed by atoms with Crippen molar-refractivity contribution < 1.29 is 22.3 Å². The minimum atomic E-state index is -4.24. The van der Waals surface area contributed by atoms with E-state index in [-0.39, 0.29) is 16.1 Å². The van der Waals surface area contributed by atoms with E-state index in [1.165, 1.54) is 4.90 Å². The molecule has 1 saturated heterocycles. The van der Waals surface area contributed by atoms with Crippen molar-refractivity contribution >= 4 is 31.9 Å². The molecule has 2 N–H and O–H groups in total. The molecule has 0 aliphatic carbocycles. The Morgan fingerprint density at radius 3 is 2.71 bits per heavy atom. The first-order valence-corrected chi connectivity index (χ1v) is 8.42. The van der Waals surface area contributed by atoms with Gasteiger partial charge in [0, 0.05) is 24.7 Å². The van der Waals surface area contributed by atoms with E-state index in [1.54, 1.807) is 7.11 Å². The quantitative estimate of drug-likeness (QED) is 0.849. The highest BCUT2D eigenvalue weighted by atomic mass is 79.9. The Hall–Kier alpha value is -1.03. The standard InChI is InChI=1S/C12H14BrFN2O4S/c1-20-7-2-3-16(6-7)12(17)8-4-11(21(15,18)19)10(14)5-9(8)13/h4-5,7H,2-3,6H2,1H3,(H2,15,18,19). The summed E-state index contributed by atoms with van der Waals surface area (Å²) in [6.07, 6.45) is 0.647. The van der Waals surface area contributed by atoms with Gasteiger partial charge in [0.05, 0.1) is 11.7 Å². The van der Waals surface area contributed by atoms with Gasteiger partial charge in [0.2, 0.25) is 10.0 Å². The van der Waals surface area contributed by atoms with Crippen molar-refractivity contribution in [1.29, 1.82) is 0 Å². The molecule has 0 aromatic heterocycles. The van der Waals surface area contributed by atoms with E-state index in [0.717, 1.165) is 12.1 Å². The van der Waals surface area contributed by atoms with Crippen LogP contribution in [0.5, 0.6) is 0 Å². The van der Waals surface area contributed by atoms with Gasteiger partial charge in [-0.2, -0.15) is 0 Å². The normalized spacial score (nSPS) is 19.0. The molecule has 1 unspecified atom stereocenters. The summed E-state index contributed by atoms with van der Waals surface area (Å²) in [5, 5.41) is 4.95. The number of primary sulfonamides is 1. The molecule has 1 atom stereocenters. The number of halogens is 2. The van der Waals surface area contributed by atoms with Crippen molar-refractivity contribution in [2.75, 3.05) is 20.2 Å². The Kier molecular flexibility index (Phi) is 4.66. The molecule has 1 aliphatic heterocycles. The maximum absolute atomic E-state index is 13.6. The smallest absolute Gasteiger partial charge is 0.255 e. The Bertz CT molecular complexity index is 680. The van der Waals surface area contributed by atoms with Gasteiger partial charge in [-0.3, -0.25) is 4.79 Å². The van der Waals surface area contributed by atoms with Crippen LogP contribution in [0.15, 0.2) is 21.5 Å². The fourth-order valence-corrected chi connectivity index (χ4v) is 3.28. The number of carbonyl (C=O) groups excluding carboxylic acids is 1. The predicted molar refractivity (Wildman–Crippen MR) is 76.8 cm³/mol. The molecule has 0 radical (unpaired) electrons. The van der Waals surface area contributed by atoms with E-state index in [0.29, 0.717) is 19.5 Å². The molecule has 6 nitrogen and oxygen atoms in total. The molecule has 116 valence electrons. The molecule has 1 aromatic rings. The number of methoxy groups -OCH3 is 1. The third kappa shape index (κ3) is 3.42. The summed E-state index contributed by atoms with van der Waals surface area (Å²) in [6, 6.07) is 1.88. The zero-order valence-electron chi connectivity index (χ0n) is 11.2. The second-order valence-corrected chi connectivity index (χ2v) is 7.09. The Morgan fingerprint density at radius 2 is 2.19 bits per heavy atom. The van der Waals surface area contributed by atoms with Crippen LogP contribution in [0.4, 0.5) is 4.39 Å². The number of nitrogens with zero attached hydrogens (tertiary/aromatic N) is 1. The molecule has 0 saturated carbocycles. The van der Waals surface area contributed by atoms with Gasteiger partial charge in [-0.05, 0) is 34.5 Å². The van der Waals surface area contributed by atoms with Crippen LogP contribution in [-0.4, -0.2) is 45.5 Å². The lowest BCUT2D eigenvalue weighted by molar-refractivity contribution is 0.0723. The highest BCUT2D eigenvalue weighted by molar-refractivity contribution is 9.10. The second kappa shape index (κ2) is 5.99. The first-order valence-electron chi connectivity index (χ1n) is 6.08. The highest BCUT2D eigenvalue weighted by Crippen LogP contribution is 2.26. The van der Waals surface area contributed by atoms with Crippen LogP contribution in [-0.2, 0) is 14.8 Å². The molecule has 2 rings (SSSR count). The number of amides is 1. The average Bonchev–Trinajstić information content (AvgIpc) is 2.85. The number of ether oxygens (including phenoxy) is 1. The molecule has 1 amide bonds. The van der Waals surface area contributed by atoms with Gasteiger partial charge >= 0.3 is 0 Å². The van der Waals surface area contributed by atoms with Gasteiger partial charge in [-0.1, -0.05) is 0 Å². The molecule has 0 bridgehead atoms. The van der Waals surface area contributed by atoms with Crippen molar-refractivity contribution in [1.82, 2.24) is 4.90 Å². The minimum Gasteiger partial charge on any atom is -0.380 e. The largest absolute Gasteiger partial charge is 0.380 e. The van der Waals surface area contributed by atoms with Crippen LogP contribution < -0.4 is 5.14 Å². The van der Waals surface area contributed by atoms with Crippen LogP contribution >= 0.6 is 15.9 Å². The van der Waals surface area contributed by atoms with E-state index in [2.05, 4.69) is 15.9 Å². The summed E-state index contributed by atoms with van der Waals surface area (Å²) >= 11 is 3.07. The maximum Gasteiger partial charge on any atom is 0.255 e. The first-order chi connectivity index (χ1) is 9.74. The van der Waals surface area contributed by atoms with E-state index < -0.39 is 26.6 Å². The zero-order chi connectivity index (χ0) is 15.8. The number of hydrogen-bond donors (Lipinski definition) is 1. The maximum atomic E-state index is 13.6. The Morgan fingerprint density at radius 1 is 1.52 bits per heavy atom. The molecule has 1 aliphatic rings. The van der Waals surface area contributed by atoms with E-state index in [1.807, 2.05) is 0 Å². The first kappa shape index (κ1) is 16.3. The molecular formula is C12H14BrFN2O4S. The second-order valence-electron chi connectivity index (χ2n) is 4.71. The number of sulfonamides is 1. The van der Waals surface area contributed by atoms with Crippen molar-refractivity contribution in [3.8, 4) is 0 Å². The minimum absolute atomic E-state index is 0.0501. The predicted octanol–water partition coefficient (Wildman–Crippen LogP) is 1.10. The summed E-state index contributed by atoms with van der Waals surface area (Å²) in [4.78, 5) is 13.2. The van der Waals surface area contributed by atoms with Gasteiger partial charge in [0.15, 0.2) is 0 Å². The number of rotatable bonds is 3. The monoisotopic (exact) mass is 380 g/mol. The molecule has 21 heavy (non-hydrogen) atoms. The van der Waals surface area contributed by atoms with Crippen LogP contribution in [0, 0.1) is 5.82 Å². The van der Waals surface area contributed by atoms with Crippen molar-refractivity contribution in [2.24, 2.45) is 5.14 Å². The van der Waals surface area contributed by atoms with Crippen LogP contribution in [0.1, 0.15) is 16.8 Å². The summed E-state index contributed by atoms with van der Waals surface area (Å²) in [5.74, 6) is -1.40. The lowest BCUT2D eigenvalue weighted by Crippen LogP contribution is -2.30.